The molecule has 0 radical (unpaired) electrons. The Balaban J connectivity index is 2.28. The van der Waals surface area contributed by atoms with Gasteiger partial charge in [-0.2, -0.15) is 0 Å². The Bertz CT molecular complexity index is 729. The number of aryl methyl sites for hydroxylation is 1. The number of nitrogens with one attached hydrogen (secondary N) is 1. The standard InChI is InChI=1S/C13H12BrFN4O2S/c1-7-12(14)13(11(6-16-7)19(20)21)18-5-10-9(15)3-8(22-2)4-17-10/h3-4,6H,5H2,1-2H3,(H,16,18). The second kappa shape index (κ2) is 7.01. The fraction of sp³-hybridized carbons (Fsp3) is 0.231. The van der Waals surface area contributed by atoms with Crippen molar-refractivity contribution in [3.8, 4) is 0 Å². The molecule has 0 bridgehead atoms. The van der Waals surface area contributed by atoms with Gasteiger partial charge < -0.3 is 5.32 Å². The SMILES string of the molecule is CSc1cnc(CNc2c([N+](=O)[O-])cnc(C)c2Br)c(F)c1. The van der Waals surface area contributed by atoms with Crippen molar-refractivity contribution < 1.29 is 9.31 Å². The van der Waals surface area contributed by atoms with Gasteiger partial charge in [-0.25, -0.2) is 4.39 Å². The minimum Gasteiger partial charge on any atom is -0.373 e. The molecule has 0 atom stereocenters. The van der Waals surface area contributed by atoms with E-state index in [4.69, 9.17) is 0 Å². The third kappa shape index (κ3) is 3.53. The summed E-state index contributed by atoms with van der Waals surface area (Å²) in [6.45, 7) is 1.74. The van der Waals surface area contributed by atoms with Crippen molar-refractivity contribution in [2.45, 2.75) is 18.4 Å². The van der Waals surface area contributed by atoms with Gasteiger partial charge in [0.1, 0.15) is 17.7 Å². The van der Waals surface area contributed by atoms with E-state index in [-0.39, 0.29) is 23.6 Å². The molecule has 2 aromatic heterocycles. The summed E-state index contributed by atoms with van der Waals surface area (Å²) >= 11 is 4.66. The van der Waals surface area contributed by atoms with Crippen molar-refractivity contribution in [1.29, 1.82) is 0 Å². The van der Waals surface area contributed by atoms with Gasteiger partial charge in [-0.3, -0.25) is 20.1 Å². The van der Waals surface area contributed by atoms with Gasteiger partial charge >= 0.3 is 5.69 Å². The fourth-order valence-electron chi connectivity index (χ4n) is 1.74. The Labute approximate surface area is 138 Å². The lowest BCUT2D eigenvalue weighted by Gasteiger charge is -2.11. The molecule has 0 amide bonds. The maximum atomic E-state index is 13.9. The van der Waals surface area contributed by atoms with Gasteiger partial charge in [0.15, 0.2) is 0 Å². The Morgan fingerprint density at radius 3 is 2.77 bits per heavy atom. The predicted molar refractivity (Wildman–Crippen MR) is 86.6 cm³/mol. The molecule has 2 aromatic rings. The summed E-state index contributed by atoms with van der Waals surface area (Å²) < 4.78 is 14.4. The lowest BCUT2D eigenvalue weighted by atomic mass is 10.2. The van der Waals surface area contributed by atoms with Crippen LogP contribution < -0.4 is 5.32 Å². The Morgan fingerprint density at radius 2 is 2.18 bits per heavy atom. The van der Waals surface area contributed by atoms with Crippen LogP contribution in [0.2, 0.25) is 0 Å². The highest BCUT2D eigenvalue weighted by Gasteiger charge is 2.19. The fourth-order valence-corrected chi connectivity index (χ4v) is 2.57. The Morgan fingerprint density at radius 1 is 1.45 bits per heavy atom. The third-order valence-corrected chi connectivity index (χ3v) is 4.60. The van der Waals surface area contributed by atoms with Crippen LogP contribution in [-0.2, 0) is 6.54 Å². The average Bonchev–Trinajstić information content (AvgIpc) is 2.49. The topological polar surface area (TPSA) is 81.0 Å². The third-order valence-electron chi connectivity index (χ3n) is 2.93. The van der Waals surface area contributed by atoms with Gasteiger partial charge in [0.25, 0.3) is 0 Å². The largest absolute Gasteiger partial charge is 0.373 e. The van der Waals surface area contributed by atoms with Gasteiger partial charge in [-0.1, -0.05) is 0 Å². The summed E-state index contributed by atoms with van der Waals surface area (Å²) in [5.41, 5.74) is 0.860. The van der Waals surface area contributed by atoms with Gasteiger partial charge in [-0.15, -0.1) is 11.8 Å². The van der Waals surface area contributed by atoms with Crippen LogP contribution in [0.4, 0.5) is 15.8 Å². The number of halogens is 2. The molecule has 1 N–H and O–H groups in total. The van der Waals surface area contributed by atoms with Gasteiger partial charge in [0.05, 0.1) is 27.3 Å². The van der Waals surface area contributed by atoms with E-state index in [2.05, 4.69) is 31.2 Å². The molecule has 2 heterocycles. The maximum absolute atomic E-state index is 13.9. The van der Waals surface area contributed by atoms with E-state index in [0.717, 1.165) is 0 Å². The minimum absolute atomic E-state index is 0.0311. The molecule has 116 valence electrons. The van der Waals surface area contributed by atoms with E-state index in [1.54, 1.807) is 13.1 Å². The molecule has 0 spiro atoms. The van der Waals surface area contributed by atoms with E-state index in [9.17, 15) is 14.5 Å². The number of anilines is 1. The smallest absolute Gasteiger partial charge is 0.311 e. The first-order valence-electron chi connectivity index (χ1n) is 6.15. The maximum Gasteiger partial charge on any atom is 0.311 e. The van der Waals surface area contributed by atoms with E-state index in [0.29, 0.717) is 15.1 Å². The van der Waals surface area contributed by atoms with E-state index >= 15 is 0 Å². The molecule has 0 aromatic carbocycles. The summed E-state index contributed by atoms with van der Waals surface area (Å²) in [7, 11) is 0. The monoisotopic (exact) mass is 386 g/mol. The van der Waals surface area contributed by atoms with Crippen LogP contribution in [0.15, 0.2) is 27.8 Å². The van der Waals surface area contributed by atoms with Crippen LogP contribution in [-0.4, -0.2) is 21.1 Å². The van der Waals surface area contributed by atoms with Crippen molar-refractivity contribution in [3.05, 3.63) is 50.3 Å². The molecule has 6 nitrogen and oxygen atoms in total. The summed E-state index contributed by atoms with van der Waals surface area (Å²) in [5, 5.41) is 13.9. The summed E-state index contributed by atoms with van der Waals surface area (Å²) in [4.78, 5) is 19.2. The second-order valence-corrected chi connectivity index (χ2v) is 6.00. The zero-order valence-corrected chi connectivity index (χ0v) is 14.2. The van der Waals surface area contributed by atoms with E-state index < -0.39 is 10.7 Å². The number of hydrogen-bond acceptors (Lipinski definition) is 6. The highest BCUT2D eigenvalue weighted by molar-refractivity contribution is 9.10. The lowest BCUT2D eigenvalue weighted by Crippen LogP contribution is -2.08. The number of nitro groups is 1. The molecule has 0 aliphatic heterocycles. The highest BCUT2D eigenvalue weighted by Crippen LogP contribution is 2.33. The molecular weight excluding hydrogens is 375 g/mol. The molecule has 0 saturated carbocycles. The molecule has 2 rings (SSSR count). The van der Waals surface area contributed by atoms with Crippen molar-refractivity contribution in [2.75, 3.05) is 11.6 Å². The molecule has 0 unspecified atom stereocenters. The molecule has 22 heavy (non-hydrogen) atoms. The zero-order valence-electron chi connectivity index (χ0n) is 11.8. The first-order chi connectivity index (χ1) is 10.4. The molecule has 0 aliphatic carbocycles. The van der Waals surface area contributed by atoms with Crippen LogP contribution >= 0.6 is 27.7 Å². The van der Waals surface area contributed by atoms with Gasteiger partial charge in [-0.05, 0) is 35.2 Å². The molecule has 9 heteroatoms. The van der Waals surface area contributed by atoms with Crippen molar-refractivity contribution in [3.63, 3.8) is 0 Å². The predicted octanol–water partition coefficient (Wildman–Crippen LogP) is 3.93. The molecule has 0 fully saturated rings. The summed E-state index contributed by atoms with van der Waals surface area (Å²) in [6, 6.07) is 1.38. The quantitative estimate of drug-likeness (QED) is 0.476. The number of nitrogens with zero attached hydrogens (tertiary/aromatic N) is 3. The highest BCUT2D eigenvalue weighted by atomic mass is 79.9. The number of pyridine rings is 2. The molecule has 0 saturated heterocycles. The summed E-state index contributed by atoms with van der Waals surface area (Å²) in [5.74, 6) is -0.455. The number of hydrogen-bond donors (Lipinski definition) is 1. The first-order valence-corrected chi connectivity index (χ1v) is 8.17. The molecular formula is C13H12BrFN4O2S. The van der Waals surface area contributed by atoms with Crippen LogP contribution in [0.1, 0.15) is 11.4 Å². The van der Waals surface area contributed by atoms with Crippen molar-refractivity contribution >= 4 is 39.1 Å². The lowest BCUT2D eigenvalue weighted by molar-refractivity contribution is -0.384. The van der Waals surface area contributed by atoms with Crippen molar-refractivity contribution in [2.24, 2.45) is 0 Å². The van der Waals surface area contributed by atoms with Gasteiger partial charge in [0, 0.05) is 11.1 Å². The zero-order chi connectivity index (χ0) is 16.3. The second-order valence-electron chi connectivity index (χ2n) is 4.33. The summed E-state index contributed by atoms with van der Waals surface area (Å²) in [6.07, 6.45) is 4.56. The van der Waals surface area contributed by atoms with Gasteiger partial charge in [0.2, 0.25) is 0 Å². The van der Waals surface area contributed by atoms with E-state index in [1.807, 2.05) is 6.26 Å². The Hall–Kier alpha value is -1.74. The average molecular weight is 387 g/mol. The van der Waals surface area contributed by atoms with Crippen LogP contribution in [0.3, 0.4) is 0 Å². The Kier molecular flexibility index (Phi) is 5.30. The van der Waals surface area contributed by atoms with Crippen molar-refractivity contribution in [1.82, 2.24) is 9.97 Å². The normalized spacial score (nSPS) is 10.5. The van der Waals surface area contributed by atoms with Crippen LogP contribution in [0.25, 0.3) is 0 Å². The molecule has 0 aliphatic rings. The number of thioether (sulfide) groups is 1. The van der Waals surface area contributed by atoms with Crippen LogP contribution in [0, 0.1) is 22.9 Å². The minimum atomic E-state index is -0.542. The number of rotatable bonds is 5. The van der Waals surface area contributed by atoms with E-state index in [1.165, 1.54) is 24.0 Å². The number of aromatic nitrogens is 2. The first kappa shape index (κ1) is 16.6. The van der Waals surface area contributed by atoms with Crippen LogP contribution in [0.5, 0.6) is 0 Å².